The third-order valence-electron chi connectivity index (χ3n) is 1.69. The highest BCUT2D eigenvalue weighted by Gasteiger charge is 2.12. The van der Waals surface area contributed by atoms with Crippen LogP contribution >= 0.6 is 15.9 Å². The van der Waals surface area contributed by atoms with Crippen LogP contribution in [0, 0.1) is 11.3 Å². The first-order valence-electron chi connectivity index (χ1n) is 4.61. The zero-order valence-corrected chi connectivity index (χ0v) is 10.2. The molecule has 1 atom stereocenters. The number of hydrogen-bond acceptors (Lipinski definition) is 4. The Bertz CT molecular complexity index is 362. The molecule has 0 aliphatic rings. The van der Waals surface area contributed by atoms with E-state index in [0.29, 0.717) is 16.9 Å². The van der Waals surface area contributed by atoms with Crippen molar-refractivity contribution in [2.24, 2.45) is 0 Å². The van der Waals surface area contributed by atoms with Gasteiger partial charge in [0.05, 0.1) is 23.8 Å². The van der Waals surface area contributed by atoms with E-state index in [4.69, 9.17) is 10.00 Å². The molecule has 1 rings (SSSR count). The van der Waals surface area contributed by atoms with Crippen LogP contribution in [-0.4, -0.2) is 21.4 Å². The standard InChI is InChI=1S/C10H12BrN3O/c1-7(2)15-10-3-9(13-6-14-10)8(4-11)5-12/h3,6-8H,4H2,1-2H3. The van der Waals surface area contributed by atoms with Crippen molar-refractivity contribution >= 4 is 15.9 Å². The van der Waals surface area contributed by atoms with E-state index in [1.807, 2.05) is 13.8 Å². The van der Waals surface area contributed by atoms with Gasteiger partial charge < -0.3 is 4.74 Å². The SMILES string of the molecule is CC(C)Oc1cc(C(C#N)CBr)ncn1. The van der Waals surface area contributed by atoms with E-state index in [0.717, 1.165) is 0 Å². The molecule has 0 fully saturated rings. The fourth-order valence-electron chi connectivity index (χ4n) is 1.03. The highest BCUT2D eigenvalue weighted by molar-refractivity contribution is 9.09. The van der Waals surface area contributed by atoms with Gasteiger partial charge in [0.1, 0.15) is 6.33 Å². The summed E-state index contributed by atoms with van der Waals surface area (Å²) in [4.78, 5) is 8.02. The molecule has 0 N–H and O–H groups in total. The summed E-state index contributed by atoms with van der Waals surface area (Å²) in [7, 11) is 0. The highest BCUT2D eigenvalue weighted by Crippen LogP contribution is 2.18. The van der Waals surface area contributed by atoms with Gasteiger partial charge in [-0.3, -0.25) is 0 Å². The van der Waals surface area contributed by atoms with Crippen molar-refractivity contribution in [1.29, 1.82) is 5.26 Å². The number of nitriles is 1. The summed E-state index contributed by atoms with van der Waals surface area (Å²) in [5.41, 5.74) is 0.681. The van der Waals surface area contributed by atoms with Crippen molar-refractivity contribution in [2.75, 3.05) is 5.33 Å². The Morgan fingerprint density at radius 1 is 1.53 bits per heavy atom. The second-order valence-electron chi connectivity index (χ2n) is 3.28. The lowest BCUT2D eigenvalue weighted by Gasteiger charge is -2.10. The van der Waals surface area contributed by atoms with Crippen LogP contribution in [0.1, 0.15) is 25.5 Å². The van der Waals surface area contributed by atoms with Gasteiger partial charge in [0.15, 0.2) is 0 Å². The van der Waals surface area contributed by atoms with Gasteiger partial charge in [0.25, 0.3) is 0 Å². The molecule has 0 saturated carbocycles. The number of rotatable bonds is 4. The van der Waals surface area contributed by atoms with Crippen LogP contribution in [0.4, 0.5) is 0 Å². The van der Waals surface area contributed by atoms with Gasteiger partial charge in [0, 0.05) is 11.4 Å². The third kappa shape index (κ3) is 3.48. The molecule has 1 unspecified atom stereocenters. The van der Waals surface area contributed by atoms with Crippen molar-refractivity contribution in [3.05, 3.63) is 18.1 Å². The molecule has 0 amide bonds. The molecule has 0 bridgehead atoms. The summed E-state index contributed by atoms with van der Waals surface area (Å²) in [6.07, 6.45) is 1.48. The molecular weight excluding hydrogens is 258 g/mol. The Kier molecular flexibility index (Phi) is 4.50. The first kappa shape index (κ1) is 11.9. The van der Waals surface area contributed by atoms with Crippen LogP contribution in [0.25, 0.3) is 0 Å². The molecule has 5 heteroatoms. The molecule has 0 radical (unpaired) electrons. The summed E-state index contributed by atoms with van der Waals surface area (Å²) >= 11 is 3.26. The Hall–Kier alpha value is -1.15. The van der Waals surface area contributed by atoms with Crippen molar-refractivity contribution in [1.82, 2.24) is 9.97 Å². The number of alkyl halides is 1. The number of ether oxygens (including phenoxy) is 1. The van der Waals surface area contributed by atoms with Gasteiger partial charge in [0.2, 0.25) is 5.88 Å². The Morgan fingerprint density at radius 2 is 2.27 bits per heavy atom. The minimum absolute atomic E-state index is 0.0669. The lowest BCUT2D eigenvalue weighted by molar-refractivity contribution is 0.232. The first-order chi connectivity index (χ1) is 7.17. The summed E-state index contributed by atoms with van der Waals surface area (Å²) in [6.45, 7) is 3.85. The minimum atomic E-state index is -0.262. The highest BCUT2D eigenvalue weighted by atomic mass is 79.9. The summed E-state index contributed by atoms with van der Waals surface area (Å²) in [5, 5.41) is 9.43. The van der Waals surface area contributed by atoms with Crippen molar-refractivity contribution < 1.29 is 4.74 Å². The Balaban J connectivity index is 2.87. The van der Waals surface area contributed by atoms with Crippen LogP contribution in [0.5, 0.6) is 5.88 Å². The molecule has 1 aromatic heterocycles. The smallest absolute Gasteiger partial charge is 0.216 e. The second kappa shape index (κ2) is 5.66. The zero-order chi connectivity index (χ0) is 11.3. The van der Waals surface area contributed by atoms with Gasteiger partial charge in [-0.2, -0.15) is 5.26 Å². The monoisotopic (exact) mass is 269 g/mol. The summed E-state index contributed by atoms with van der Waals surface area (Å²) < 4.78 is 5.42. The first-order valence-corrected chi connectivity index (χ1v) is 5.73. The maximum absolute atomic E-state index is 8.87. The average Bonchev–Trinajstić information content (AvgIpc) is 2.19. The van der Waals surface area contributed by atoms with Gasteiger partial charge in [-0.1, -0.05) is 15.9 Å². The second-order valence-corrected chi connectivity index (χ2v) is 3.93. The van der Waals surface area contributed by atoms with Crippen LogP contribution in [0.15, 0.2) is 12.4 Å². The molecule has 0 spiro atoms. The maximum Gasteiger partial charge on any atom is 0.216 e. The van der Waals surface area contributed by atoms with Crippen LogP contribution in [0.3, 0.4) is 0 Å². The molecule has 1 aromatic rings. The molecule has 80 valence electrons. The number of halogens is 1. The largest absolute Gasteiger partial charge is 0.475 e. The predicted octanol–water partition coefficient (Wildman–Crippen LogP) is 2.27. The van der Waals surface area contributed by atoms with Gasteiger partial charge in [-0.05, 0) is 13.8 Å². The molecule has 4 nitrogen and oxygen atoms in total. The lowest BCUT2D eigenvalue weighted by atomic mass is 10.1. The topological polar surface area (TPSA) is 58.8 Å². The van der Waals surface area contributed by atoms with E-state index in [1.165, 1.54) is 6.33 Å². The van der Waals surface area contributed by atoms with E-state index in [2.05, 4.69) is 32.0 Å². The number of aromatic nitrogens is 2. The summed E-state index contributed by atoms with van der Waals surface area (Å²) in [5.74, 6) is 0.249. The number of nitrogens with zero attached hydrogens (tertiary/aromatic N) is 3. The van der Waals surface area contributed by atoms with E-state index in [-0.39, 0.29) is 12.0 Å². The Labute approximate surface area is 97.4 Å². The molecule has 0 aliphatic heterocycles. The maximum atomic E-state index is 8.87. The summed E-state index contributed by atoms with van der Waals surface area (Å²) in [6, 6.07) is 3.86. The molecular formula is C10H12BrN3O. The van der Waals surface area contributed by atoms with E-state index in [1.54, 1.807) is 6.07 Å². The van der Waals surface area contributed by atoms with Crippen LogP contribution in [-0.2, 0) is 0 Å². The Morgan fingerprint density at radius 3 is 2.80 bits per heavy atom. The van der Waals surface area contributed by atoms with Gasteiger partial charge >= 0.3 is 0 Å². The molecule has 0 aliphatic carbocycles. The zero-order valence-electron chi connectivity index (χ0n) is 8.64. The molecule has 0 saturated heterocycles. The fourth-order valence-corrected chi connectivity index (χ4v) is 1.51. The quantitative estimate of drug-likeness (QED) is 0.787. The van der Waals surface area contributed by atoms with Crippen molar-refractivity contribution in [3.63, 3.8) is 0 Å². The van der Waals surface area contributed by atoms with Crippen LogP contribution in [0.2, 0.25) is 0 Å². The van der Waals surface area contributed by atoms with Crippen molar-refractivity contribution in [3.8, 4) is 11.9 Å². The molecule has 1 heterocycles. The molecule has 15 heavy (non-hydrogen) atoms. The van der Waals surface area contributed by atoms with E-state index < -0.39 is 0 Å². The van der Waals surface area contributed by atoms with E-state index >= 15 is 0 Å². The van der Waals surface area contributed by atoms with Gasteiger partial charge in [-0.15, -0.1) is 0 Å². The lowest BCUT2D eigenvalue weighted by Crippen LogP contribution is -2.08. The van der Waals surface area contributed by atoms with Crippen LogP contribution < -0.4 is 4.74 Å². The average molecular weight is 270 g/mol. The minimum Gasteiger partial charge on any atom is -0.475 e. The molecule has 0 aromatic carbocycles. The normalized spacial score (nSPS) is 12.2. The number of hydrogen-bond donors (Lipinski definition) is 0. The van der Waals surface area contributed by atoms with Gasteiger partial charge in [-0.25, -0.2) is 9.97 Å². The third-order valence-corrected chi connectivity index (χ3v) is 2.33. The van der Waals surface area contributed by atoms with E-state index in [9.17, 15) is 0 Å². The fraction of sp³-hybridized carbons (Fsp3) is 0.500. The predicted molar refractivity (Wildman–Crippen MR) is 59.9 cm³/mol. The van der Waals surface area contributed by atoms with Crippen molar-refractivity contribution in [2.45, 2.75) is 25.9 Å².